The molecule has 1 fully saturated rings. The number of rotatable bonds is 6. The van der Waals surface area contributed by atoms with Crippen molar-refractivity contribution in [1.29, 1.82) is 0 Å². The second-order valence-corrected chi connectivity index (χ2v) is 8.57. The number of hydrogen-bond acceptors (Lipinski definition) is 5. The van der Waals surface area contributed by atoms with Crippen LogP contribution in [0.3, 0.4) is 0 Å². The Labute approximate surface area is 203 Å². The standard InChI is InChI=1S/C24H25F6N5O/c1-14-9-23(26,27)13-35(19(14)12-34-20-7-6-16(10-33-20)24(28,29)30)22(36)21(31)18(11-32-2)15-4-3-5-17(25)8-15/h3-8,10-11,14,19H,9,12-13,31H2,1-2H3,(H,33,34). The molecule has 0 saturated carbocycles. The number of anilines is 1. The van der Waals surface area contributed by atoms with Crippen LogP contribution in [-0.4, -0.2) is 54.1 Å². The normalized spacial score (nSPS) is 20.8. The summed E-state index contributed by atoms with van der Waals surface area (Å²) in [7, 11) is 1.41. The van der Waals surface area contributed by atoms with Gasteiger partial charge >= 0.3 is 6.18 Å². The highest BCUT2D eigenvalue weighted by atomic mass is 19.4. The molecule has 3 N–H and O–H groups in total. The number of likely N-dealkylation sites (tertiary alicyclic amines) is 1. The molecule has 12 heteroatoms. The van der Waals surface area contributed by atoms with E-state index in [1.165, 1.54) is 31.5 Å². The Hall–Kier alpha value is -3.57. The molecule has 1 saturated heterocycles. The number of amides is 1. The van der Waals surface area contributed by atoms with E-state index in [0.29, 0.717) is 6.20 Å². The summed E-state index contributed by atoms with van der Waals surface area (Å²) >= 11 is 0. The van der Waals surface area contributed by atoms with Crippen LogP contribution in [0, 0.1) is 11.7 Å². The van der Waals surface area contributed by atoms with Gasteiger partial charge in [0.2, 0.25) is 0 Å². The number of nitrogens with two attached hydrogens (primary N) is 1. The highest BCUT2D eigenvalue weighted by Gasteiger charge is 2.46. The van der Waals surface area contributed by atoms with E-state index in [1.54, 1.807) is 6.92 Å². The molecule has 3 rings (SSSR count). The van der Waals surface area contributed by atoms with Crippen molar-refractivity contribution in [2.75, 3.05) is 25.5 Å². The van der Waals surface area contributed by atoms with Gasteiger partial charge in [-0.15, -0.1) is 0 Å². The highest BCUT2D eigenvalue weighted by molar-refractivity contribution is 6.18. The van der Waals surface area contributed by atoms with Gasteiger partial charge in [-0.2, -0.15) is 13.2 Å². The van der Waals surface area contributed by atoms with Crippen molar-refractivity contribution >= 4 is 23.5 Å². The van der Waals surface area contributed by atoms with E-state index in [1.807, 2.05) is 0 Å². The first-order chi connectivity index (χ1) is 16.8. The summed E-state index contributed by atoms with van der Waals surface area (Å²) in [6, 6.07) is 6.42. The lowest BCUT2D eigenvalue weighted by Gasteiger charge is -2.43. The fourth-order valence-electron chi connectivity index (χ4n) is 4.11. The molecule has 2 unspecified atom stereocenters. The maximum Gasteiger partial charge on any atom is 0.417 e. The second kappa shape index (κ2) is 10.6. The summed E-state index contributed by atoms with van der Waals surface area (Å²) in [5.41, 5.74) is 5.09. The first-order valence-corrected chi connectivity index (χ1v) is 11.0. The van der Waals surface area contributed by atoms with Crippen molar-refractivity contribution in [3.63, 3.8) is 0 Å². The van der Waals surface area contributed by atoms with E-state index >= 15 is 0 Å². The number of pyridine rings is 1. The van der Waals surface area contributed by atoms with Crippen LogP contribution < -0.4 is 11.1 Å². The molecule has 194 valence electrons. The van der Waals surface area contributed by atoms with Crippen LogP contribution in [0.2, 0.25) is 0 Å². The van der Waals surface area contributed by atoms with Gasteiger partial charge in [0.1, 0.15) is 17.3 Å². The molecule has 2 aromatic rings. The number of hydrogen-bond donors (Lipinski definition) is 2. The van der Waals surface area contributed by atoms with E-state index in [4.69, 9.17) is 5.73 Å². The van der Waals surface area contributed by atoms with Crippen LogP contribution in [0.15, 0.2) is 53.3 Å². The number of alkyl halides is 5. The van der Waals surface area contributed by atoms with Gasteiger partial charge in [-0.3, -0.25) is 9.79 Å². The number of allylic oxidation sites excluding steroid dienone is 1. The fourth-order valence-corrected chi connectivity index (χ4v) is 4.11. The van der Waals surface area contributed by atoms with Crippen LogP contribution in [0.5, 0.6) is 0 Å². The van der Waals surface area contributed by atoms with Crippen LogP contribution in [0.4, 0.5) is 32.2 Å². The number of aliphatic imine (C=N–C) groups is 1. The van der Waals surface area contributed by atoms with Gasteiger partial charge in [-0.1, -0.05) is 19.1 Å². The molecular weight excluding hydrogens is 488 g/mol. The van der Waals surface area contributed by atoms with Gasteiger partial charge in [0, 0.05) is 38.0 Å². The van der Waals surface area contributed by atoms with Gasteiger partial charge in [0.25, 0.3) is 11.8 Å². The predicted molar refractivity (Wildman–Crippen MR) is 124 cm³/mol. The number of benzene rings is 1. The Morgan fingerprint density at radius 1 is 1.31 bits per heavy atom. The Bertz CT molecular complexity index is 1150. The second-order valence-electron chi connectivity index (χ2n) is 8.57. The lowest BCUT2D eigenvalue weighted by atomic mass is 9.88. The third kappa shape index (κ3) is 6.35. The molecule has 0 radical (unpaired) electrons. The predicted octanol–water partition coefficient (Wildman–Crippen LogP) is 4.59. The molecule has 2 heterocycles. The third-order valence-electron chi connectivity index (χ3n) is 5.84. The van der Waals surface area contributed by atoms with Crippen LogP contribution in [-0.2, 0) is 11.0 Å². The number of nitrogens with zero attached hydrogens (tertiary/aromatic N) is 3. The van der Waals surface area contributed by atoms with E-state index in [9.17, 15) is 31.1 Å². The molecule has 1 amide bonds. The third-order valence-corrected chi connectivity index (χ3v) is 5.84. The summed E-state index contributed by atoms with van der Waals surface area (Å²) in [5.74, 6) is -5.27. The van der Waals surface area contributed by atoms with E-state index in [0.717, 1.165) is 23.1 Å². The van der Waals surface area contributed by atoms with E-state index in [2.05, 4.69) is 15.3 Å². The zero-order valence-electron chi connectivity index (χ0n) is 19.5. The number of piperidine rings is 1. The molecular formula is C24H25F6N5O. The van der Waals surface area contributed by atoms with E-state index < -0.39 is 60.0 Å². The van der Waals surface area contributed by atoms with Crippen molar-refractivity contribution < 1.29 is 31.1 Å². The molecule has 2 atom stereocenters. The smallest absolute Gasteiger partial charge is 0.394 e. The molecule has 1 aliphatic rings. The van der Waals surface area contributed by atoms with Gasteiger partial charge in [0.05, 0.1) is 18.2 Å². The molecule has 1 aliphatic heterocycles. The molecule has 0 bridgehead atoms. The van der Waals surface area contributed by atoms with Crippen molar-refractivity contribution in [3.05, 3.63) is 65.2 Å². The lowest BCUT2D eigenvalue weighted by Crippen LogP contribution is -2.58. The minimum absolute atomic E-state index is 0.0637. The Morgan fingerprint density at radius 2 is 2.03 bits per heavy atom. The largest absolute Gasteiger partial charge is 0.417 e. The van der Waals surface area contributed by atoms with Crippen LogP contribution in [0.25, 0.3) is 5.57 Å². The number of nitrogens with one attached hydrogen (secondary N) is 1. The number of halogens is 6. The summed E-state index contributed by atoms with van der Waals surface area (Å²) < 4.78 is 81.1. The first-order valence-electron chi connectivity index (χ1n) is 11.0. The van der Waals surface area contributed by atoms with E-state index in [-0.39, 0.29) is 23.5 Å². The molecule has 1 aromatic carbocycles. The van der Waals surface area contributed by atoms with Gasteiger partial charge in [-0.25, -0.2) is 18.2 Å². The maximum absolute atomic E-state index is 14.5. The number of aromatic nitrogens is 1. The van der Waals surface area contributed by atoms with Crippen molar-refractivity contribution in [2.45, 2.75) is 31.5 Å². The van der Waals surface area contributed by atoms with Gasteiger partial charge in [0.15, 0.2) is 0 Å². The molecule has 0 spiro atoms. The number of carbonyl (C=O) groups excluding carboxylic acids is 1. The first kappa shape index (κ1) is 27.0. The summed E-state index contributed by atoms with van der Waals surface area (Å²) in [6.07, 6.45) is -3.16. The quantitative estimate of drug-likeness (QED) is 0.336. The zero-order chi connectivity index (χ0) is 26.7. The minimum atomic E-state index is -4.55. The lowest BCUT2D eigenvalue weighted by molar-refractivity contribution is -0.148. The average Bonchev–Trinajstić information content (AvgIpc) is 2.80. The molecule has 36 heavy (non-hydrogen) atoms. The molecule has 1 aromatic heterocycles. The van der Waals surface area contributed by atoms with Gasteiger partial charge in [-0.05, 0) is 35.7 Å². The summed E-state index contributed by atoms with van der Waals surface area (Å²) in [6.45, 7) is 0.565. The summed E-state index contributed by atoms with van der Waals surface area (Å²) in [4.78, 5) is 21.9. The van der Waals surface area contributed by atoms with Gasteiger partial charge < -0.3 is 16.0 Å². The Balaban J connectivity index is 1.90. The Morgan fingerprint density at radius 3 is 2.61 bits per heavy atom. The highest BCUT2D eigenvalue weighted by Crippen LogP contribution is 2.35. The topological polar surface area (TPSA) is 83.6 Å². The Kier molecular flexibility index (Phi) is 7.95. The van der Waals surface area contributed by atoms with Crippen molar-refractivity contribution in [3.8, 4) is 0 Å². The van der Waals surface area contributed by atoms with Crippen molar-refractivity contribution in [2.24, 2.45) is 16.6 Å². The minimum Gasteiger partial charge on any atom is -0.394 e. The fraction of sp³-hybridized carbons (Fsp3) is 0.375. The monoisotopic (exact) mass is 513 g/mol. The molecule has 0 aliphatic carbocycles. The van der Waals surface area contributed by atoms with Crippen LogP contribution in [0.1, 0.15) is 24.5 Å². The SMILES string of the molecule is CN=CC(=C(N)C(=O)N1CC(F)(F)CC(C)C1CNc1ccc(C(F)(F)F)cn1)c1cccc(F)c1. The van der Waals surface area contributed by atoms with Crippen molar-refractivity contribution in [1.82, 2.24) is 9.88 Å². The summed E-state index contributed by atoms with van der Waals surface area (Å²) in [5, 5.41) is 2.82. The number of carbonyl (C=O) groups is 1. The average molecular weight is 513 g/mol. The zero-order valence-corrected chi connectivity index (χ0v) is 19.5. The maximum atomic E-state index is 14.5. The molecule has 6 nitrogen and oxygen atoms in total. The van der Waals surface area contributed by atoms with Crippen LogP contribution >= 0.6 is 0 Å².